The van der Waals surface area contributed by atoms with Crippen molar-refractivity contribution in [1.29, 1.82) is 0 Å². The fourth-order valence-electron chi connectivity index (χ4n) is 2.46. The molecule has 120 valence electrons. The Balaban J connectivity index is 1.86. The zero-order valence-corrected chi connectivity index (χ0v) is 12.1. The van der Waals surface area contributed by atoms with Crippen molar-refractivity contribution in [2.75, 3.05) is 32.7 Å². The summed E-state index contributed by atoms with van der Waals surface area (Å²) in [4.78, 5) is 26.3. The van der Waals surface area contributed by atoms with Gasteiger partial charge in [-0.1, -0.05) is 0 Å². The summed E-state index contributed by atoms with van der Waals surface area (Å²) in [6.07, 6.45) is 0.690. The fraction of sp³-hybridized carbons (Fsp3) is 0.467. The van der Waals surface area contributed by atoms with Crippen LogP contribution < -0.4 is 0 Å². The van der Waals surface area contributed by atoms with Gasteiger partial charge in [0.15, 0.2) is 0 Å². The molecule has 7 heteroatoms. The molecular formula is C15H18F2N2O3. The molecule has 22 heavy (non-hydrogen) atoms. The van der Waals surface area contributed by atoms with Crippen LogP contribution in [0.1, 0.15) is 23.2 Å². The lowest BCUT2D eigenvalue weighted by Gasteiger charge is -2.34. The molecule has 0 saturated carbocycles. The summed E-state index contributed by atoms with van der Waals surface area (Å²) in [5, 5.41) is 8.60. The number of aliphatic carboxylic acids is 1. The maximum Gasteiger partial charge on any atom is 0.303 e. The van der Waals surface area contributed by atoms with Gasteiger partial charge in [0, 0.05) is 38.7 Å². The van der Waals surface area contributed by atoms with Gasteiger partial charge in [-0.25, -0.2) is 8.78 Å². The van der Waals surface area contributed by atoms with Crippen molar-refractivity contribution in [3.63, 3.8) is 0 Å². The molecule has 1 aromatic rings. The van der Waals surface area contributed by atoms with E-state index in [4.69, 9.17) is 5.11 Å². The van der Waals surface area contributed by atoms with Crippen molar-refractivity contribution in [2.45, 2.75) is 12.8 Å². The number of hydrogen-bond donors (Lipinski definition) is 1. The Morgan fingerprint density at radius 2 is 1.82 bits per heavy atom. The van der Waals surface area contributed by atoms with E-state index in [9.17, 15) is 18.4 Å². The topological polar surface area (TPSA) is 60.9 Å². The van der Waals surface area contributed by atoms with E-state index in [0.717, 1.165) is 12.1 Å². The number of carboxylic acids is 1. The first-order valence-corrected chi connectivity index (χ1v) is 7.16. The molecule has 1 aliphatic rings. The molecule has 1 N–H and O–H groups in total. The minimum absolute atomic E-state index is 0.124. The maximum atomic E-state index is 13.6. The van der Waals surface area contributed by atoms with Gasteiger partial charge in [0.05, 0.1) is 5.56 Å². The molecule has 1 fully saturated rings. The Hall–Kier alpha value is -2.02. The summed E-state index contributed by atoms with van der Waals surface area (Å²) >= 11 is 0. The standard InChI is InChI=1S/C15H18F2N2O3/c16-11-3-4-12(13(17)10-11)15(22)19-8-6-18(7-9-19)5-1-2-14(20)21/h3-4,10H,1-2,5-9H2,(H,20,21). The second-order valence-electron chi connectivity index (χ2n) is 5.26. The van der Waals surface area contributed by atoms with Gasteiger partial charge in [-0.3, -0.25) is 14.5 Å². The van der Waals surface area contributed by atoms with Crippen LogP contribution in [0.15, 0.2) is 18.2 Å². The Labute approximate surface area is 127 Å². The van der Waals surface area contributed by atoms with Gasteiger partial charge in [0.25, 0.3) is 5.91 Å². The van der Waals surface area contributed by atoms with Crippen LogP contribution in [0.3, 0.4) is 0 Å². The number of carboxylic acid groups (broad SMARTS) is 1. The third-order valence-corrected chi connectivity index (χ3v) is 3.69. The third kappa shape index (κ3) is 4.24. The number of hydrogen-bond acceptors (Lipinski definition) is 3. The quantitative estimate of drug-likeness (QED) is 0.897. The van der Waals surface area contributed by atoms with Gasteiger partial charge in [-0.2, -0.15) is 0 Å². The SMILES string of the molecule is O=C(O)CCCN1CCN(C(=O)c2ccc(F)cc2F)CC1. The van der Waals surface area contributed by atoms with Gasteiger partial charge < -0.3 is 10.0 Å². The molecule has 0 atom stereocenters. The number of amides is 1. The Morgan fingerprint density at radius 1 is 1.14 bits per heavy atom. The summed E-state index contributed by atoms with van der Waals surface area (Å²) in [5.41, 5.74) is -0.124. The van der Waals surface area contributed by atoms with Crippen LogP contribution >= 0.6 is 0 Å². The zero-order valence-electron chi connectivity index (χ0n) is 12.1. The van der Waals surface area contributed by atoms with Gasteiger partial charge in [0.1, 0.15) is 11.6 Å². The Morgan fingerprint density at radius 3 is 2.41 bits per heavy atom. The summed E-state index contributed by atoms with van der Waals surface area (Å²) in [5.74, 6) is -2.82. The van der Waals surface area contributed by atoms with Crippen LogP contribution in [0, 0.1) is 11.6 Å². The van der Waals surface area contributed by atoms with Crippen molar-refractivity contribution in [3.8, 4) is 0 Å². The van der Waals surface area contributed by atoms with E-state index in [1.54, 1.807) is 0 Å². The highest BCUT2D eigenvalue weighted by atomic mass is 19.1. The number of carbonyl (C=O) groups excluding carboxylic acids is 1. The summed E-state index contributed by atoms with van der Waals surface area (Å²) in [6, 6.07) is 2.93. The average Bonchev–Trinajstić information content (AvgIpc) is 2.47. The molecule has 0 aliphatic carbocycles. The van der Waals surface area contributed by atoms with Crippen molar-refractivity contribution in [1.82, 2.24) is 9.80 Å². The predicted octanol–water partition coefficient (Wildman–Crippen LogP) is 1.59. The summed E-state index contributed by atoms with van der Waals surface area (Å²) in [6.45, 7) is 2.80. The summed E-state index contributed by atoms with van der Waals surface area (Å²) in [7, 11) is 0. The van der Waals surface area contributed by atoms with Gasteiger partial charge >= 0.3 is 5.97 Å². The average molecular weight is 312 g/mol. The molecule has 1 heterocycles. The van der Waals surface area contributed by atoms with Crippen molar-refractivity contribution < 1.29 is 23.5 Å². The van der Waals surface area contributed by atoms with E-state index < -0.39 is 23.5 Å². The molecule has 0 bridgehead atoms. The fourth-order valence-corrected chi connectivity index (χ4v) is 2.46. The van der Waals surface area contributed by atoms with E-state index in [1.807, 2.05) is 0 Å². The van der Waals surface area contributed by atoms with Crippen molar-refractivity contribution >= 4 is 11.9 Å². The smallest absolute Gasteiger partial charge is 0.303 e. The normalized spacial score (nSPS) is 15.8. The predicted molar refractivity (Wildman–Crippen MR) is 75.6 cm³/mol. The van der Waals surface area contributed by atoms with Crippen molar-refractivity contribution in [3.05, 3.63) is 35.4 Å². The highest BCUT2D eigenvalue weighted by molar-refractivity contribution is 5.94. The molecule has 0 radical (unpaired) electrons. The van der Waals surface area contributed by atoms with Crippen LogP contribution in [-0.4, -0.2) is 59.5 Å². The first kappa shape index (κ1) is 16.4. The van der Waals surface area contributed by atoms with Gasteiger partial charge in [0.2, 0.25) is 0 Å². The van der Waals surface area contributed by atoms with Gasteiger partial charge in [-0.05, 0) is 25.1 Å². The number of carbonyl (C=O) groups is 2. The Bertz CT molecular complexity index is 558. The molecule has 1 amide bonds. The molecular weight excluding hydrogens is 294 g/mol. The molecule has 5 nitrogen and oxygen atoms in total. The molecule has 0 spiro atoms. The van der Waals surface area contributed by atoms with Crippen LogP contribution in [0.4, 0.5) is 8.78 Å². The molecule has 2 rings (SSSR count). The monoisotopic (exact) mass is 312 g/mol. The van der Waals surface area contributed by atoms with Crippen LogP contribution in [-0.2, 0) is 4.79 Å². The van der Waals surface area contributed by atoms with E-state index >= 15 is 0 Å². The zero-order chi connectivity index (χ0) is 16.1. The lowest BCUT2D eigenvalue weighted by molar-refractivity contribution is -0.137. The minimum atomic E-state index is -0.853. The first-order chi connectivity index (χ1) is 10.5. The maximum absolute atomic E-state index is 13.6. The third-order valence-electron chi connectivity index (χ3n) is 3.69. The highest BCUT2D eigenvalue weighted by Gasteiger charge is 2.24. The molecule has 0 unspecified atom stereocenters. The second-order valence-corrected chi connectivity index (χ2v) is 5.26. The first-order valence-electron chi connectivity index (χ1n) is 7.16. The lowest BCUT2D eigenvalue weighted by Crippen LogP contribution is -2.49. The van der Waals surface area contributed by atoms with E-state index in [0.29, 0.717) is 45.2 Å². The number of halogens is 2. The number of piperazine rings is 1. The van der Waals surface area contributed by atoms with E-state index in [2.05, 4.69) is 4.90 Å². The van der Waals surface area contributed by atoms with Crippen LogP contribution in [0.25, 0.3) is 0 Å². The van der Waals surface area contributed by atoms with E-state index in [1.165, 1.54) is 4.90 Å². The number of rotatable bonds is 5. The minimum Gasteiger partial charge on any atom is -0.481 e. The lowest BCUT2D eigenvalue weighted by atomic mass is 10.1. The molecule has 1 aliphatic heterocycles. The number of nitrogens with zero attached hydrogens (tertiary/aromatic N) is 2. The molecule has 0 aromatic heterocycles. The number of benzene rings is 1. The van der Waals surface area contributed by atoms with Crippen LogP contribution in [0.5, 0.6) is 0 Å². The summed E-state index contributed by atoms with van der Waals surface area (Å²) < 4.78 is 26.5. The van der Waals surface area contributed by atoms with E-state index in [-0.39, 0.29) is 12.0 Å². The van der Waals surface area contributed by atoms with Crippen LogP contribution in [0.2, 0.25) is 0 Å². The van der Waals surface area contributed by atoms with Crippen molar-refractivity contribution in [2.24, 2.45) is 0 Å². The highest BCUT2D eigenvalue weighted by Crippen LogP contribution is 2.14. The molecule has 1 saturated heterocycles. The Kier molecular flexibility index (Phi) is 5.43. The second kappa shape index (κ2) is 7.31. The van der Waals surface area contributed by atoms with Gasteiger partial charge in [-0.15, -0.1) is 0 Å². The largest absolute Gasteiger partial charge is 0.481 e. The molecule has 1 aromatic carbocycles.